The molecule has 2 fully saturated rings. The van der Waals surface area contributed by atoms with Crippen LogP contribution < -0.4 is 15.6 Å². The van der Waals surface area contributed by atoms with Gasteiger partial charge in [0.2, 0.25) is 0 Å². The molecule has 0 spiro atoms. The van der Waals surface area contributed by atoms with Crippen LogP contribution in [-0.4, -0.2) is 55.3 Å². The van der Waals surface area contributed by atoms with E-state index >= 15 is 0 Å². The highest BCUT2D eigenvalue weighted by Gasteiger charge is 2.26. The van der Waals surface area contributed by atoms with Crippen molar-refractivity contribution in [3.63, 3.8) is 0 Å². The molecule has 5 rings (SSSR count). The zero-order valence-electron chi connectivity index (χ0n) is 17.5. The summed E-state index contributed by atoms with van der Waals surface area (Å²) in [5.74, 6) is -0.819. The van der Waals surface area contributed by atoms with E-state index in [-0.39, 0.29) is 18.6 Å². The number of hydrogen-bond acceptors (Lipinski definition) is 7. The second-order valence-corrected chi connectivity index (χ2v) is 8.01. The molecular weight excluding hydrogens is 418 g/mol. The number of nitrogens with one attached hydrogen (secondary N) is 1. The van der Waals surface area contributed by atoms with Crippen LogP contribution in [-0.2, 0) is 4.74 Å². The van der Waals surface area contributed by atoms with Crippen LogP contribution in [0.25, 0.3) is 11.1 Å². The number of nitrogens with zero attached hydrogens (tertiary/aromatic N) is 5. The Balaban J connectivity index is 1.28. The van der Waals surface area contributed by atoms with Gasteiger partial charge in [-0.3, -0.25) is 9.91 Å². The van der Waals surface area contributed by atoms with Gasteiger partial charge in [-0.15, -0.1) is 10.6 Å². The number of rotatable bonds is 5. The Hall–Kier alpha value is -3.40. The van der Waals surface area contributed by atoms with E-state index in [0.717, 1.165) is 25.9 Å². The van der Waals surface area contributed by atoms with E-state index in [4.69, 9.17) is 4.74 Å². The summed E-state index contributed by atoms with van der Waals surface area (Å²) in [6, 6.07) is 9.53. The van der Waals surface area contributed by atoms with Gasteiger partial charge in [0.15, 0.2) is 0 Å². The standard InChI is InChI=1S/C22H24F2N6O2/c23-19-13-17(30-25-14-29(26-30)15-28-10-11-32-22(28)31)5-6-18(19)16-4-7-21(20(24)12-16)27-8-2-1-3-9-27/h4-7,12-14,26H,1-3,8-11,15H2. The molecule has 1 N–H and O–H groups in total. The van der Waals surface area contributed by atoms with Crippen molar-refractivity contribution in [2.75, 3.05) is 42.9 Å². The molecule has 3 aliphatic heterocycles. The second kappa shape index (κ2) is 8.62. The third-order valence-corrected chi connectivity index (χ3v) is 5.85. The van der Waals surface area contributed by atoms with Crippen molar-refractivity contribution < 1.29 is 18.3 Å². The molecule has 0 atom stereocenters. The van der Waals surface area contributed by atoms with Crippen molar-refractivity contribution in [3.05, 3.63) is 48.0 Å². The van der Waals surface area contributed by atoms with Gasteiger partial charge in [0.25, 0.3) is 0 Å². The number of carbonyl (C=O) groups is 1. The molecule has 2 saturated heterocycles. The van der Waals surface area contributed by atoms with Crippen LogP contribution in [0.1, 0.15) is 19.3 Å². The summed E-state index contributed by atoms with van der Waals surface area (Å²) in [4.78, 5) is 15.1. The number of ether oxygens (including phenoxy) is 1. The fourth-order valence-electron chi connectivity index (χ4n) is 4.15. The monoisotopic (exact) mass is 442 g/mol. The molecule has 0 aromatic heterocycles. The van der Waals surface area contributed by atoms with Crippen molar-refractivity contribution in [3.8, 4) is 11.1 Å². The molecule has 8 nitrogen and oxygen atoms in total. The van der Waals surface area contributed by atoms with E-state index in [0.29, 0.717) is 35.7 Å². The van der Waals surface area contributed by atoms with E-state index in [9.17, 15) is 13.6 Å². The molecule has 0 bridgehead atoms. The maximum Gasteiger partial charge on any atom is 0.411 e. The van der Waals surface area contributed by atoms with Crippen LogP contribution in [0, 0.1) is 11.6 Å². The van der Waals surface area contributed by atoms with Gasteiger partial charge in [-0.2, -0.15) is 5.12 Å². The molecule has 0 radical (unpaired) electrons. The third-order valence-electron chi connectivity index (χ3n) is 5.85. The lowest BCUT2D eigenvalue weighted by Crippen LogP contribution is -2.46. The number of anilines is 2. The van der Waals surface area contributed by atoms with Gasteiger partial charge in [-0.05, 0) is 49.1 Å². The van der Waals surface area contributed by atoms with Gasteiger partial charge in [-0.25, -0.2) is 13.6 Å². The minimum atomic E-state index is -0.480. The number of halogens is 2. The Morgan fingerprint density at radius 3 is 2.56 bits per heavy atom. The number of carbonyl (C=O) groups excluding carboxylic acids is 1. The molecule has 0 saturated carbocycles. The lowest BCUT2D eigenvalue weighted by Gasteiger charge is -2.29. The van der Waals surface area contributed by atoms with Crippen LogP contribution in [0.2, 0.25) is 0 Å². The van der Waals surface area contributed by atoms with Crippen LogP contribution in [0.15, 0.2) is 41.5 Å². The molecule has 0 unspecified atom stereocenters. The molecule has 2 aromatic carbocycles. The van der Waals surface area contributed by atoms with Gasteiger partial charge >= 0.3 is 6.09 Å². The van der Waals surface area contributed by atoms with Gasteiger partial charge in [0.05, 0.1) is 17.9 Å². The number of hydrazone groups is 1. The summed E-state index contributed by atoms with van der Waals surface area (Å²) in [5.41, 5.74) is 4.80. The van der Waals surface area contributed by atoms with Crippen molar-refractivity contribution in [1.29, 1.82) is 0 Å². The highest BCUT2D eigenvalue weighted by molar-refractivity contribution is 5.71. The molecule has 32 heavy (non-hydrogen) atoms. The van der Waals surface area contributed by atoms with Gasteiger partial charge in [0, 0.05) is 24.7 Å². The lowest BCUT2D eigenvalue weighted by molar-refractivity contribution is 0.141. The normalized spacial score (nSPS) is 18.6. The summed E-state index contributed by atoms with van der Waals surface area (Å²) in [6.45, 7) is 2.81. The topological polar surface area (TPSA) is 63.7 Å². The van der Waals surface area contributed by atoms with E-state index in [1.54, 1.807) is 29.3 Å². The quantitative estimate of drug-likeness (QED) is 0.765. The zero-order chi connectivity index (χ0) is 22.1. The summed E-state index contributed by atoms with van der Waals surface area (Å²) >= 11 is 0. The number of hydrogen-bond donors (Lipinski definition) is 1. The predicted octanol–water partition coefficient (Wildman–Crippen LogP) is 3.52. The number of piperidine rings is 1. The van der Waals surface area contributed by atoms with Crippen LogP contribution in [0.5, 0.6) is 0 Å². The summed E-state index contributed by atoms with van der Waals surface area (Å²) in [6.07, 6.45) is 4.42. The average Bonchev–Trinajstić information content (AvgIpc) is 3.44. The summed E-state index contributed by atoms with van der Waals surface area (Å²) in [5, 5.41) is 7.18. The SMILES string of the molecule is O=C1OCCN1CN1C=NN(c2ccc(-c3ccc(N4CCCCC4)c(F)c3)c(F)c2)N1. The van der Waals surface area contributed by atoms with Crippen LogP contribution in [0.4, 0.5) is 25.0 Å². The van der Waals surface area contributed by atoms with Crippen molar-refractivity contribution in [1.82, 2.24) is 15.4 Å². The maximum atomic E-state index is 14.9. The molecular formula is C22H24F2N6O2. The van der Waals surface area contributed by atoms with E-state index in [1.807, 2.05) is 4.90 Å². The Kier molecular flexibility index (Phi) is 5.52. The summed E-state index contributed by atoms with van der Waals surface area (Å²) in [7, 11) is 0. The van der Waals surface area contributed by atoms with Gasteiger partial charge < -0.3 is 9.64 Å². The number of hydrazine groups is 2. The molecule has 168 valence electrons. The fourth-order valence-corrected chi connectivity index (χ4v) is 4.15. The number of benzene rings is 2. The first kappa shape index (κ1) is 20.5. The first-order chi connectivity index (χ1) is 15.6. The number of amides is 1. The minimum absolute atomic E-state index is 0.252. The molecule has 2 aromatic rings. The minimum Gasteiger partial charge on any atom is -0.447 e. The Labute approximate surface area is 184 Å². The molecule has 3 heterocycles. The lowest BCUT2D eigenvalue weighted by atomic mass is 10.0. The van der Waals surface area contributed by atoms with Crippen molar-refractivity contribution in [2.45, 2.75) is 19.3 Å². The van der Waals surface area contributed by atoms with Gasteiger partial charge in [-0.1, -0.05) is 6.07 Å². The smallest absolute Gasteiger partial charge is 0.411 e. The van der Waals surface area contributed by atoms with Crippen molar-refractivity contribution >= 4 is 23.8 Å². The zero-order valence-corrected chi connectivity index (χ0v) is 17.5. The Bertz CT molecular complexity index is 1040. The molecule has 10 heteroatoms. The first-order valence-electron chi connectivity index (χ1n) is 10.7. The largest absolute Gasteiger partial charge is 0.447 e. The highest BCUT2D eigenvalue weighted by Crippen LogP contribution is 2.31. The third kappa shape index (κ3) is 4.05. The van der Waals surface area contributed by atoms with Crippen LogP contribution in [0.3, 0.4) is 0 Å². The Morgan fingerprint density at radius 2 is 1.84 bits per heavy atom. The molecule has 1 amide bonds. The van der Waals surface area contributed by atoms with E-state index < -0.39 is 5.82 Å². The average molecular weight is 442 g/mol. The fraction of sp³-hybridized carbons (Fsp3) is 0.364. The maximum absolute atomic E-state index is 14.9. The predicted molar refractivity (Wildman–Crippen MR) is 117 cm³/mol. The second-order valence-electron chi connectivity index (χ2n) is 8.01. The molecule has 3 aliphatic rings. The Morgan fingerprint density at radius 1 is 1.00 bits per heavy atom. The van der Waals surface area contributed by atoms with Gasteiger partial charge in [0.1, 0.15) is 31.2 Å². The highest BCUT2D eigenvalue weighted by atomic mass is 19.1. The summed E-state index contributed by atoms with van der Waals surface area (Å²) < 4.78 is 34.6. The van der Waals surface area contributed by atoms with E-state index in [2.05, 4.69) is 10.6 Å². The van der Waals surface area contributed by atoms with E-state index in [1.165, 1.54) is 34.9 Å². The van der Waals surface area contributed by atoms with Crippen molar-refractivity contribution in [2.24, 2.45) is 5.10 Å². The molecule has 0 aliphatic carbocycles. The number of cyclic esters (lactones) is 1. The first-order valence-corrected chi connectivity index (χ1v) is 10.7. The van der Waals surface area contributed by atoms with Crippen LogP contribution >= 0.6 is 0 Å².